The zero-order chi connectivity index (χ0) is 26.2. The summed E-state index contributed by atoms with van der Waals surface area (Å²) in [5.41, 5.74) is 4.20. The minimum absolute atomic E-state index is 0.0123. The second kappa shape index (κ2) is 9.68. The summed E-state index contributed by atoms with van der Waals surface area (Å²) in [5, 5.41) is 7.91. The Morgan fingerprint density at radius 2 is 1.65 bits per heavy atom. The van der Waals surface area contributed by atoms with E-state index in [-0.39, 0.29) is 16.7 Å². The number of rotatable bonds is 6. The third-order valence-electron chi connectivity index (χ3n) is 5.91. The molecule has 186 valence electrons. The van der Waals surface area contributed by atoms with Gasteiger partial charge in [0.05, 0.1) is 27.4 Å². The highest BCUT2D eigenvalue weighted by atomic mass is 35.5. The maximum Gasteiger partial charge on any atom is 0.264 e. The maximum atomic E-state index is 13.3. The number of halogens is 1. The molecular weight excluding hydrogens is 512 g/mol. The van der Waals surface area contributed by atoms with E-state index in [1.165, 1.54) is 24.3 Å². The van der Waals surface area contributed by atoms with Crippen LogP contribution < -0.4 is 10.0 Å². The van der Waals surface area contributed by atoms with Crippen molar-refractivity contribution in [3.8, 4) is 11.3 Å². The van der Waals surface area contributed by atoms with Crippen molar-refractivity contribution in [2.24, 2.45) is 0 Å². The second-order valence-electron chi connectivity index (χ2n) is 8.39. The SMILES string of the molecule is Cc1noc(NS(=O)(=O)c2ccc(NC(=O)c3cc(-c4ccc(Cl)cc4)nc4ccccc34)cc2)c1C. The number of pyridine rings is 1. The van der Waals surface area contributed by atoms with E-state index in [1.807, 2.05) is 36.4 Å². The Morgan fingerprint density at radius 1 is 0.946 bits per heavy atom. The van der Waals surface area contributed by atoms with Gasteiger partial charge in [-0.15, -0.1) is 0 Å². The molecule has 5 aromatic rings. The molecular formula is C27H21ClN4O4S. The van der Waals surface area contributed by atoms with Crippen LogP contribution in [-0.4, -0.2) is 24.5 Å². The number of sulfonamides is 1. The lowest BCUT2D eigenvalue weighted by molar-refractivity contribution is 0.102. The number of carbonyl (C=O) groups is 1. The smallest absolute Gasteiger partial charge is 0.264 e. The molecule has 37 heavy (non-hydrogen) atoms. The van der Waals surface area contributed by atoms with Gasteiger partial charge >= 0.3 is 0 Å². The maximum absolute atomic E-state index is 13.3. The van der Waals surface area contributed by atoms with Crippen LogP contribution in [0.1, 0.15) is 21.6 Å². The van der Waals surface area contributed by atoms with Crippen LogP contribution >= 0.6 is 11.6 Å². The van der Waals surface area contributed by atoms with E-state index in [0.717, 1.165) is 5.56 Å². The fourth-order valence-electron chi connectivity index (χ4n) is 3.74. The standard InChI is InChI=1S/C27H21ClN4O4S/c1-16-17(2)31-36-27(16)32-37(34,35)21-13-11-20(12-14-21)29-26(33)23-15-25(18-7-9-19(28)10-8-18)30-24-6-4-3-5-22(23)24/h3-15,32H,1-2H3,(H,29,33). The van der Waals surface area contributed by atoms with Gasteiger partial charge in [-0.25, -0.2) is 18.1 Å². The van der Waals surface area contributed by atoms with Crippen molar-refractivity contribution in [2.75, 3.05) is 10.0 Å². The summed E-state index contributed by atoms with van der Waals surface area (Å²) in [6, 6.07) is 22.2. The number of anilines is 2. The van der Waals surface area contributed by atoms with Crippen LogP contribution in [0, 0.1) is 13.8 Å². The van der Waals surface area contributed by atoms with Gasteiger partial charge in [0.1, 0.15) is 0 Å². The first kappa shape index (κ1) is 24.5. The van der Waals surface area contributed by atoms with Crippen molar-refractivity contribution in [3.05, 3.63) is 101 Å². The lowest BCUT2D eigenvalue weighted by Crippen LogP contribution is -2.15. The average Bonchev–Trinajstić information content (AvgIpc) is 3.20. The Kier molecular flexibility index (Phi) is 6.41. The zero-order valence-corrected chi connectivity index (χ0v) is 21.4. The number of nitrogens with zero attached hydrogens (tertiary/aromatic N) is 2. The van der Waals surface area contributed by atoms with Crippen molar-refractivity contribution >= 4 is 50.0 Å². The third-order valence-corrected chi connectivity index (χ3v) is 7.51. The number of benzene rings is 3. The van der Waals surface area contributed by atoms with Crippen molar-refractivity contribution < 1.29 is 17.7 Å². The molecule has 8 nitrogen and oxygen atoms in total. The van der Waals surface area contributed by atoms with Crippen molar-refractivity contribution in [2.45, 2.75) is 18.7 Å². The van der Waals surface area contributed by atoms with Gasteiger partial charge in [0.2, 0.25) is 5.88 Å². The molecule has 0 atom stereocenters. The summed E-state index contributed by atoms with van der Waals surface area (Å²) in [7, 11) is -3.90. The molecule has 2 aromatic heterocycles. The first-order valence-electron chi connectivity index (χ1n) is 11.2. The second-order valence-corrected chi connectivity index (χ2v) is 10.5. The zero-order valence-electron chi connectivity index (χ0n) is 19.8. The van der Waals surface area contributed by atoms with Crippen molar-refractivity contribution in [1.29, 1.82) is 0 Å². The quantitative estimate of drug-likeness (QED) is 0.268. The lowest BCUT2D eigenvalue weighted by Gasteiger charge is -2.11. The summed E-state index contributed by atoms with van der Waals surface area (Å²) < 4.78 is 33.0. The van der Waals surface area contributed by atoms with Gasteiger partial charge in [-0.1, -0.05) is 47.1 Å². The molecule has 0 aliphatic carbocycles. The van der Waals surface area contributed by atoms with E-state index in [1.54, 1.807) is 32.0 Å². The highest BCUT2D eigenvalue weighted by molar-refractivity contribution is 7.92. The number of hydrogen-bond acceptors (Lipinski definition) is 6. The molecule has 0 unspecified atom stereocenters. The molecule has 0 aliphatic rings. The van der Waals surface area contributed by atoms with Gasteiger partial charge in [-0.2, -0.15) is 0 Å². The Hall–Kier alpha value is -4.21. The molecule has 0 saturated carbocycles. The minimum atomic E-state index is -3.90. The first-order chi connectivity index (χ1) is 17.7. The monoisotopic (exact) mass is 532 g/mol. The predicted octanol–water partition coefficient (Wildman–Crippen LogP) is 6.21. The summed E-state index contributed by atoms with van der Waals surface area (Å²) in [5.74, 6) is -0.286. The van der Waals surface area contributed by atoms with Crippen molar-refractivity contribution in [1.82, 2.24) is 10.1 Å². The lowest BCUT2D eigenvalue weighted by atomic mass is 10.0. The van der Waals surface area contributed by atoms with Crippen LogP contribution in [0.4, 0.5) is 11.6 Å². The van der Waals surface area contributed by atoms with Crippen LogP contribution in [0.3, 0.4) is 0 Å². The van der Waals surface area contributed by atoms with Crippen molar-refractivity contribution in [3.63, 3.8) is 0 Å². The van der Waals surface area contributed by atoms with E-state index in [4.69, 9.17) is 21.1 Å². The third kappa shape index (κ3) is 5.04. The number of carbonyl (C=O) groups excluding carboxylic acids is 1. The van der Waals surface area contributed by atoms with Crippen LogP contribution in [0.2, 0.25) is 5.02 Å². The molecule has 0 spiro atoms. The summed E-state index contributed by atoms with van der Waals surface area (Å²) in [4.78, 5) is 18.0. The average molecular weight is 533 g/mol. The molecule has 0 bridgehead atoms. The van der Waals surface area contributed by atoms with Crippen LogP contribution in [0.15, 0.2) is 88.3 Å². The molecule has 0 fully saturated rings. The highest BCUT2D eigenvalue weighted by Gasteiger charge is 2.20. The molecule has 3 aromatic carbocycles. The molecule has 0 aliphatic heterocycles. The number of aryl methyl sites for hydroxylation is 1. The molecule has 2 N–H and O–H groups in total. The Morgan fingerprint density at radius 3 is 2.32 bits per heavy atom. The fourth-order valence-corrected chi connectivity index (χ4v) is 4.91. The highest BCUT2D eigenvalue weighted by Crippen LogP contribution is 2.27. The number of aromatic nitrogens is 2. The van der Waals surface area contributed by atoms with Crippen LogP contribution in [0.25, 0.3) is 22.2 Å². The number of fused-ring (bicyclic) bond motifs is 1. The molecule has 0 radical (unpaired) electrons. The van der Waals surface area contributed by atoms with E-state index < -0.39 is 10.0 Å². The topological polar surface area (TPSA) is 114 Å². The van der Waals surface area contributed by atoms with Gasteiger partial charge in [0.15, 0.2) is 0 Å². The van der Waals surface area contributed by atoms with E-state index in [2.05, 4.69) is 15.2 Å². The van der Waals surface area contributed by atoms with E-state index >= 15 is 0 Å². The number of nitrogens with one attached hydrogen (secondary N) is 2. The number of hydrogen-bond donors (Lipinski definition) is 2. The van der Waals surface area contributed by atoms with Crippen LogP contribution in [0.5, 0.6) is 0 Å². The normalized spacial score (nSPS) is 11.4. The van der Waals surface area contributed by atoms with Gasteiger partial charge in [-0.05, 0) is 62.4 Å². The fraction of sp³-hybridized carbons (Fsp3) is 0.0741. The van der Waals surface area contributed by atoms with Crippen LogP contribution in [-0.2, 0) is 10.0 Å². The summed E-state index contributed by atoms with van der Waals surface area (Å²) >= 11 is 6.02. The molecule has 0 saturated heterocycles. The van der Waals surface area contributed by atoms with Gasteiger partial charge in [0.25, 0.3) is 15.9 Å². The van der Waals surface area contributed by atoms with E-state index in [9.17, 15) is 13.2 Å². The first-order valence-corrected chi connectivity index (χ1v) is 13.1. The summed E-state index contributed by atoms with van der Waals surface area (Å²) in [6.45, 7) is 3.43. The molecule has 10 heteroatoms. The Labute approximate surface area is 218 Å². The Balaban J connectivity index is 1.41. The number of amides is 1. The van der Waals surface area contributed by atoms with Gasteiger partial charge in [-0.3, -0.25) is 4.79 Å². The minimum Gasteiger partial charge on any atom is -0.337 e. The molecule has 2 heterocycles. The largest absolute Gasteiger partial charge is 0.337 e. The van der Waals surface area contributed by atoms with Gasteiger partial charge in [0, 0.05) is 27.2 Å². The van der Waals surface area contributed by atoms with E-state index in [0.29, 0.717) is 44.1 Å². The number of para-hydroxylation sites is 1. The molecule has 1 amide bonds. The molecule has 5 rings (SSSR count). The predicted molar refractivity (Wildman–Crippen MR) is 143 cm³/mol. The summed E-state index contributed by atoms with van der Waals surface area (Å²) in [6.07, 6.45) is 0. The van der Waals surface area contributed by atoms with Gasteiger partial charge < -0.3 is 9.84 Å². The Bertz CT molecular complexity index is 1730.